The highest BCUT2D eigenvalue weighted by molar-refractivity contribution is 7.99. The zero-order chi connectivity index (χ0) is 10.8. The minimum atomic E-state index is -0.752. The Kier molecular flexibility index (Phi) is 3.26. The third kappa shape index (κ3) is 2.16. The second kappa shape index (κ2) is 4.49. The van der Waals surface area contributed by atoms with Crippen LogP contribution in [0.25, 0.3) is 0 Å². The highest BCUT2D eigenvalue weighted by Crippen LogP contribution is 2.39. The normalized spacial score (nSPS) is 19.3. The van der Waals surface area contributed by atoms with Crippen LogP contribution in [-0.4, -0.2) is 12.3 Å². The molecule has 15 heavy (non-hydrogen) atoms. The molecule has 4 heteroatoms. The summed E-state index contributed by atoms with van der Waals surface area (Å²) in [4.78, 5) is 0.863. The molecule has 1 unspecified atom stereocenters. The smallest absolute Gasteiger partial charge is 0.159 e. The van der Waals surface area contributed by atoms with E-state index in [-0.39, 0.29) is 6.04 Å². The van der Waals surface area contributed by atoms with Crippen molar-refractivity contribution in [3.63, 3.8) is 0 Å². The van der Waals surface area contributed by atoms with E-state index in [1.807, 2.05) is 0 Å². The molecule has 0 aromatic heterocycles. The molecule has 0 bridgehead atoms. The molecule has 0 spiro atoms. The molecule has 0 radical (unpaired) electrons. The molecule has 0 aliphatic carbocycles. The van der Waals surface area contributed by atoms with Gasteiger partial charge in [-0.2, -0.15) is 0 Å². The molecule has 2 rings (SSSR count). The van der Waals surface area contributed by atoms with Crippen LogP contribution in [0.4, 0.5) is 8.78 Å². The van der Waals surface area contributed by atoms with Gasteiger partial charge in [0.25, 0.3) is 0 Å². The molecule has 1 nitrogen and oxygen atoms in total. The maximum atomic E-state index is 13.1. The minimum Gasteiger partial charge on any atom is -0.309 e. The van der Waals surface area contributed by atoms with Gasteiger partial charge in [0.05, 0.1) is 0 Å². The van der Waals surface area contributed by atoms with E-state index in [9.17, 15) is 8.78 Å². The van der Waals surface area contributed by atoms with Crippen LogP contribution in [-0.2, 0) is 0 Å². The van der Waals surface area contributed by atoms with Gasteiger partial charge in [-0.15, -0.1) is 11.8 Å². The standard InChI is InChI=1S/C11H13F2NS/c1-2-3-14-10-6-15-11-5-9(13)8(12)4-7(10)11/h4-5,10,14H,2-3,6H2,1H3. The Morgan fingerprint density at radius 2 is 2.13 bits per heavy atom. The average molecular weight is 229 g/mol. The Bertz CT molecular complexity index is 368. The van der Waals surface area contributed by atoms with E-state index in [4.69, 9.17) is 0 Å². The minimum absolute atomic E-state index is 0.167. The largest absolute Gasteiger partial charge is 0.309 e. The van der Waals surface area contributed by atoms with E-state index in [0.717, 1.165) is 29.2 Å². The first-order valence-corrected chi connectivity index (χ1v) is 6.06. The van der Waals surface area contributed by atoms with Crippen LogP contribution in [0.3, 0.4) is 0 Å². The molecule has 1 aromatic rings. The summed E-state index contributed by atoms with van der Waals surface area (Å²) in [6, 6.07) is 2.78. The van der Waals surface area contributed by atoms with Gasteiger partial charge in [-0.05, 0) is 30.7 Å². The zero-order valence-electron chi connectivity index (χ0n) is 8.52. The predicted octanol–water partition coefficient (Wildman–Crippen LogP) is 3.11. The third-order valence-electron chi connectivity index (χ3n) is 2.47. The van der Waals surface area contributed by atoms with Crippen molar-refractivity contribution < 1.29 is 8.78 Å². The van der Waals surface area contributed by atoms with Gasteiger partial charge in [-0.25, -0.2) is 8.78 Å². The van der Waals surface area contributed by atoms with Gasteiger partial charge >= 0.3 is 0 Å². The number of nitrogens with one attached hydrogen (secondary N) is 1. The number of benzene rings is 1. The predicted molar refractivity (Wildman–Crippen MR) is 58.1 cm³/mol. The van der Waals surface area contributed by atoms with Crippen molar-refractivity contribution in [1.29, 1.82) is 0 Å². The van der Waals surface area contributed by atoms with Crippen LogP contribution in [0.15, 0.2) is 17.0 Å². The number of thioether (sulfide) groups is 1. The Balaban J connectivity index is 2.22. The number of rotatable bonds is 3. The summed E-state index contributed by atoms with van der Waals surface area (Å²) >= 11 is 1.58. The molecule has 82 valence electrons. The SMILES string of the molecule is CCCNC1CSc2cc(F)c(F)cc21. The van der Waals surface area contributed by atoms with E-state index in [0.29, 0.717) is 0 Å². The molecule has 0 fully saturated rings. The van der Waals surface area contributed by atoms with Gasteiger partial charge in [-0.3, -0.25) is 0 Å². The van der Waals surface area contributed by atoms with Crippen molar-refractivity contribution in [1.82, 2.24) is 5.32 Å². The third-order valence-corrected chi connectivity index (χ3v) is 3.64. The number of hydrogen-bond acceptors (Lipinski definition) is 2. The highest BCUT2D eigenvalue weighted by Gasteiger charge is 2.24. The fourth-order valence-corrected chi connectivity index (χ4v) is 2.89. The van der Waals surface area contributed by atoms with E-state index < -0.39 is 11.6 Å². The number of halogens is 2. The van der Waals surface area contributed by atoms with Gasteiger partial charge in [-0.1, -0.05) is 6.92 Å². The summed E-state index contributed by atoms with van der Waals surface area (Å²) in [7, 11) is 0. The summed E-state index contributed by atoms with van der Waals surface area (Å²) in [5.41, 5.74) is 0.896. The quantitative estimate of drug-likeness (QED) is 0.854. The van der Waals surface area contributed by atoms with Crippen molar-refractivity contribution in [3.8, 4) is 0 Å². The maximum absolute atomic E-state index is 13.1. The lowest BCUT2D eigenvalue weighted by atomic mass is 10.1. The lowest BCUT2D eigenvalue weighted by Crippen LogP contribution is -2.21. The Morgan fingerprint density at radius 1 is 1.40 bits per heavy atom. The second-order valence-corrected chi connectivity index (χ2v) is 4.68. The molecule has 1 atom stereocenters. The fraction of sp³-hybridized carbons (Fsp3) is 0.455. The maximum Gasteiger partial charge on any atom is 0.159 e. The first kappa shape index (κ1) is 10.9. The molecule has 0 saturated carbocycles. The van der Waals surface area contributed by atoms with Gasteiger partial charge in [0.2, 0.25) is 0 Å². The molecule has 0 amide bonds. The molecule has 1 aliphatic rings. The van der Waals surface area contributed by atoms with Crippen LogP contribution in [0.1, 0.15) is 24.9 Å². The molecular weight excluding hydrogens is 216 g/mol. The van der Waals surface area contributed by atoms with E-state index >= 15 is 0 Å². The summed E-state index contributed by atoms with van der Waals surface area (Å²) in [6.45, 7) is 2.99. The van der Waals surface area contributed by atoms with Crippen molar-refractivity contribution in [2.24, 2.45) is 0 Å². The first-order valence-electron chi connectivity index (χ1n) is 5.07. The zero-order valence-corrected chi connectivity index (χ0v) is 9.33. The topological polar surface area (TPSA) is 12.0 Å². The number of fused-ring (bicyclic) bond motifs is 1. The Hall–Kier alpha value is -0.610. The summed E-state index contributed by atoms with van der Waals surface area (Å²) in [5.74, 6) is -0.643. The van der Waals surface area contributed by atoms with Crippen LogP contribution in [0.2, 0.25) is 0 Å². The molecular formula is C11H13F2NS. The van der Waals surface area contributed by atoms with Gasteiger partial charge in [0.1, 0.15) is 0 Å². The van der Waals surface area contributed by atoms with E-state index in [1.165, 1.54) is 12.1 Å². The van der Waals surface area contributed by atoms with Crippen LogP contribution < -0.4 is 5.32 Å². The van der Waals surface area contributed by atoms with Crippen molar-refractivity contribution in [3.05, 3.63) is 29.3 Å². The van der Waals surface area contributed by atoms with Crippen LogP contribution in [0.5, 0.6) is 0 Å². The van der Waals surface area contributed by atoms with Crippen molar-refractivity contribution in [2.45, 2.75) is 24.3 Å². The number of hydrogen-bond donors (Lipinski definition) is 1. The van der Waals surface area contributed by atoms with Gasteiger partial charge in [0, 0.05) is 16.7 Å². The lowest BCUT2D eigenvalue weighted by Gasteiger charge is -2.12. The lowest BCUT2D eigenvalue weighted by molar-refractivity contribution is 0.498. The summed E-state index contributed by atoms with van der Waals surface area (Å²) < 4.78 is 26.0. The highest BCUT2D eigenvalue weighted by atomic mass is 32.2. The first-order chi connectivity index (χ1) is 7.22. The molecule has 1 heterocycles. The monoisotopic (exact) mass is 229 g/mol. The van der Waals surface area contributed by atoms with Gasteiger partial charge in [0.15, 0.2) is 11.6 Å². The van der Waals surface area contributed by atoms with Crippen LogP contribution in [0, 0.1) is 11.6 Å². The average Bonchev–Trinajstić information content (AvgIpc) is 2.59. The van der Waals surface area contributed by atoms with Crippen molar-refractivity contribution in [2.75, 3.05) is 12.3 Å². The Labute approximate surface area is 92.3 Å². The van der Waals surface area contributed by atoms with Crippen LogP contribution >= 0.6 is 11.8 Å². The van der Waals surface area contributed by atoms with Gasteiger partial charge < -0.3 is 5.32 Å². The molecule has 1 aliphatic heterocycles. The molecule has 1 N–H and O–H groups in total. The Morgan fingerprint density at radius 3 is 2.87 bits per heavy atom. The second-order valence-electron chi connectivity index (χ2n) is 3.62. The summed E-state index contributed by atoms with van der Waals surface area (Å²) in [5, 5.41) is 3.32. The van der Waals surface area contributed by atoms with E-state index in [2.05, 4.69) is 12.2 Å². The summed E-state index contributed by atoms with van der Waals surface area (Å²) in [6.07, 6.45) is 1.04. The molecule has 0 saturated heterocycles. The van der Waals surface area contributed by atoms with Crippen molar-refractivity contribution >= 4 is 11.8 Å². The molecule has 1 aromatic carbocycles. The fourth-order valence-electron chi connectivity index (χ4n) is 1.69. The van der Waals surface area contributed by atoms with E-state index in [1.54, 1.807) is 11.8 Å².